The molecule has 0 aromatic carbocycles. The van der Waals surface area contributed by atoms with Gasteiger partial charge >= 0.3 is 11.9 Å². The fourth-order valence-corrected chi connectivity index (χ4v) is 1.40. The van der Waals surface area contributed by atoms with Crippen LogP contribution in [0.15, 0.2) is 12.7 Å². The first-order valence-corrected chi connectivity index (χ1v) is 5.63. The van der Waals surface area contributed by atoms with Gasteiger partial charge in [-0.2, -0.15) is 0 Å². The van der Waals surface area contributed by atoms with Gasteiger partial charge in [-0.1, -0.05) is 6.58 Å². The normalized spacial score (nSPS) is 19.2. The van der Waals surface area contributed by atoms with Crippen LogP contribution in [0.25, 0.3) is 0 Å². The van der Waals surface area contributed by atoms with E-state index >= 15 is 0 Å². The predicted molar refractivity (Wildman–Crippen MR) is 62.2 cm³/mol. The minimum Gasteiger partial charge on any atom is -0.466 e. The van der Waals surface area contributed by atoms with E-state index in [4.69, 9.17) is 9.84 Å². The molecule has 1 unspecified atom stereocenters. The van der Waals surface area contributed by atoms with Crippen molar-refractivity contribution in [1.82, 2.24) is 0 Å². The lowest BCUT2D eigenvalue weighted by molar-refractivity contribution is -0.147. The summed E-state index contributed by atoms with van der Waals surface area (Å²) in [5, 5.41) is 8.62. The molecule has 1 rings (SSSR count). The standard InChI is InChI=1S/C8H14O3.C4H6O2/c9-5-4-7-3-1-2-6-11-8(7)10;1-3-4(5)6-2/h7,9H,1-6H2;3H,1H2,2H3. The number of carbonyl (C=O) groups excluding carboxylic acids is 2. The Kier molecular flexibility index (Phi) is 9.05. The Balaban J connectivity index is 0.000000366. The minimum atomic E-state index is -0.394. The number of cyclic esters (lactones) is 1. The monoisotopic (exact) mass is 244 g/mol. The molecule has 1 aliphatic heterocycles. The zero-order valence-electron chi connectivity index (χ0n) is 10.2. The van der Waals surface area contributed by atoms with Gasteiger partial charge in [0.2, 0.25) is 0 Å². The molecular weight excluding hydrogens is 224 g/mol. The number of hydrogen-bond donors (Lipinski definition) is 1. The van der Waals surface area contributed by atoms with Crippen molar-refractivity contribution in [3.05, 3.63) is 12.7 Å². The molecule has 1 N–H and O–H groups in total. The highest BCUT2D eigenvalue weighted by molar-refractivity contribution is 5.80. The topological polar surface area (TPSA) is 72.8 Å². The molecule has 0 aliphatic carbocycles. The van der Waals surface area contributed by atoms with Crippen molar-refractivity contribution in [2.75, 3.05) is 20.3 Å². The summed E-state index contributed by atoms with van der Waals surface area (Å²) in [6.07, 6.45) is 4.54. The number of rotatable bonds is 3. The maximum Gasteiger partial charge on any atom is 0.329 e. The molecule has 0 saturated carbocycles. The average Bonchev–Trinajstić information content (AvgIpc) is 2.55. The van der Waals surface area contributed by atoms with Gasteiger partial charge in [0.1, 0.15) is 0 Å². The maximum absolute atomic E-state index is 11.1. The Bertz CT molecular complexity index is 249. The molecule has 1 heterocycles. The zero-order valence-corrected chi connectivity index (χ0v) is 10.2. The van der Waals surface area contributed by atoms with Crippen LogP contribution < -0.4 is 0 Å². The summed E-state index contributed by atoms with van der Waals surface area (Å²) >= 11 is 0. The Morgan fingerprint density at radius 3 is 2.82 bits per heavy atom. The first kappa shape index (κ1) is 15.6. The summed E-state index contributed by atoms with van der Waals surface area (Å²) in [4.78, 5) is 20.9. The third kappa shape index (κ3) is 7.52. The first-order chi connectivity index (χ1) is 8.15. The average molecular weight is 244 g/mol. The lowest BCUT2D eigenvalue weighted by atomic mass is 10.0. The lowest BCUT2D eigenvalue weighted by Crippen LogP contribution is -2.16. The molecule has 17 heavy (non-hydrogen) atoms. The second kappa shape index (κ2) is 9.84. The van der Waals surface area contributed by atoms with Crippen molar-refractivity contribution in [3.8, 4) is 0 Å². The molecule has 5 nitrogen and oxygen atoms in total. The van der Waals surface area contributed by atoms with Gasteiger partial charge in [0.15, 0.2) is 0 Å². The number of hydrogen-bond acceptors (Lipinski definition) is 5. The van der Waals surface area contributed by atoms with Crippen LogP contribution in [0.1, 0.15) is 25.7 Å². The van der Waals surface area contributed by atoms with Gasteiger partial charge in [-0.05, 0) is 25.7 Å². The van der Waals surface area contributed by atoms with E-state index in [0.29, 0.717) is 13.0 Å². The third-order valence-corrected chi connectivity index (χ3v) is 2.37. The van der Waals surface area contributed by atoms with Crippen molar-refractivity contribution in [2.45, 2.75) is 25.7 Å². The molecule has 0 amide bonds. The van der Waals surface area contributed by atoms with Crippen LogP contribution in [0.2, 0.25) is 0 Å². The summed E-state index contributed by atoms with van der Waals surface area (Å²) in [5.74, 6) is -0.575. The van der Waals surface area contributed by atoms with Crippen molar-refractivity contribution in [3.63, 3.8) is 0 Å². The van der Waals surface area contributed by atoms with Gasteiger partial charge in [0, 0.05) is 12.7 Å². The fraction of sp³-hybridized carbons (Fsp3) is 0.667. The molecule has 0 bridgehead atoms. The molecule has 1 fully saturated rings. The molecule has 1 aliphatic rings. The van der Waals surface area contributed by atoms with E-state index in [2.05, 4.69) is 11.3 Å². The van der Waals surface area contributed by atoms with Gasteiger partial charge < -0.3 is 14.6 Å². The minimum absolute atomic E-state index is 0.0532. The molecule has 98 valence electrons. The predicted octanol–water partition coefficient (Wildman–Crippen LogP) is 1.06. The SMILES string of the molecule is C=CC(=O)OC.O=C1OCCCCC1CCO. The summed E-state index contributed by atoms with van der Waals surface area (Å²) in [5.41, 5.74) is 0. The number of methoxy groups -OCH3 is 1. The van der Waals surface area contributed by atoms with Gasteiger partial charge in [-0.25, -0.2) is 4.79 Å². The van der Waals surface area contributed by atoms with Crippen LogP contribution in [0, 0.1) is 5.92 Å². The van der Waals surface area contributed by atoms with Crippen LogP contribution in [-0.4, -0.2) is 37.4 Å². The van der Waals surface area contributed by atoms with Gasteiger partial charge in [-0.3, -0.25) is 4.79 Å². The number of ether oxygens (including phenoxy) is 2. The van der Waals surface area contributed by atoms with Gasteiger partial charge in [-0.15, -0.1) is 0 Å². The molecular formula is C12H20O5. The van der Waals surface area contributed by atoms with Gasteiger partial charge in [0.25, 0.3) is 0 Å². The second-order valence-electron chi connectivity index (χ2n) is 3.60. The Labute approximate surface area is 101 Å². The van der Waals surface area contributed by atoms with E-state index in [1.165, 1.54) is 7.11 Å². The lowest BCUT2D eigenvalue weighted by Gasteiger charge is -2.08. The highest BCUT2D eigenvalue weighted by Gasteiger charge is 2.21. The molecule has 0 spiro atoms. The third-order valence-electron chi connectivity index (χ3n) is 2.37. The Hall–Kier alpha value is -1.36. The molecule has 1 atom stereocenters. The van der Waals surface area contributed by atoms with Crippen LogP contribution in [-0.2, 0) is 19.1 Å². The van der Waals surface area contributed by atoms with Crippen molar-refractivity contribution >= 4 is 11.9 Å². The summed E-state index contributed by atoms with van der Waals surface area (Å²) in [7, 11) is 1.31. The van der Waals surface area contributed by atoms with Crippen LogP contribution >= 0.6 is 0 Å². The van der Waals surface area contributed by atoms with Crippen LogP contribution in [0.4, 0.5) is 0 Å². The van der Waals surface area contributed by atoms with Crippen molar-refractivity contribution in [1.29, 1.82) is 0 Å². The van der Waals surface area contributed by atoms with E-state index in [1.54, 1.807) is 0 Å². The number of aliphatic hydroxyl groups is 1. The Morgan fingerprint density at radius 1 is 1.65 bits per heavy atom. The first-order valence-electron chi connectivity index (χ1n) is 5.63. The van der Waals surface area contributed by atoms with Crippen LogP contribution in [0.5, 0.6) is 0 Å². The smallest absolute Gasteiger partial charge is 0.329 e. The van der Waals surface area contributed by atoms with Crippen molar-refractivity contribution < 1.29 is 24.2 Å². The number of aliphatic hydroxyl groups excluding tert-OH is 1. The van der Waals surface area contributed by atoms with Gasteiger partial charge in [0.05, 0.1) is 19.6 Å². The quantitative estimate of drug-likeness (QED) is 0.593. The van der Waals surface area contributed by atoms with E-state index in [0.717, 1.165) is 25.3 Å². The molecule has 0 aromatic heterocycles. The van der Waals surface area contributed by atoms with E-state index < -0.39 is 5.97 Å². The van der Waals surface area contributed by atoms with E-state index in [1.807, 2.05) is 0 Å². The van der Waals surface area contributed by atoms with E-state index in [9.17, 15) is 9.59 Å². The molecule has 0 radical (unpaired) electrons. The van der Waals surface area contributed by atoms with E-state index in [-0.39, 0.29) is 18.5 Å². The summed E-state index contributed by atoms with van der Waals surface area (Å²) < 4.78 is 9.06. The summed E-state index contributed by atoms with van der Waals surface area (Å²) in [6.45, 7) is 3.80. The summed E-state index contributed by atoms with van der Waals surface area (Å²) in [6, 6.07) is 0. The molecule has 0 aromatic rings. The fourth-order valence-electron chi connectivity index (χ4n) is 1.40. The second-order valence-corrected chi connectivity index (χ2v) is 3.60. The van der Waals surface area contributed by atoms with Crippen LogP contribution in [0.3, 0.4) is 0 Å². The van der Waals surface area contributed by atoms with Crippen molar-refractivity contribution in [2.24, 2.45) is 5.92 Å². The molecule has 1 saturated heterocycles. The highest BCUT2D eigenvalue weighted by atomic mass is 16.5. The number of carbonyl (C=O) groups is 2. The largest absolute Gasteiger partial charge is 0.466 e. The highest BCUT2D eigenvalue weighted by Crippen LogP contribution is 2.17. The zero-order chi connectivity index (χ0) is 13.1. The Morgan fingerprint density at radius 2 is 2.35 bits per heavy atom. The molecule has 5 heteroatoms. The number of esters is 2. The maximum atomic E-state index is 11.1.